The molecule has 0 aliphatic carbocycles. The van der Waals surface area contributed by atoms with Crippen LogP contribution in [0.25, 0.3) is 11.4 Å². The average molecular weight is 556 g/mol. The molecule has 4 aromatic rings. The van der Waals surface area contributed by atoms with Gasteiger partial charge in [-0.2, -0.15) is 0 Å². The van der Waals surface area contributed by atoms with Crippen molar-refractivity contribution in [3.05, 3.63) is 118 Å². The van der Waals surface area contributed by atoms with Crippen LogP contribution in [0.2, 0.25) is 0 Å². The molecule has 212 valence electrons. The van der Waals surface area contributed by atoms with E-state index in [1.165, 1.54) is 35.0 Å². The van der Waals surface area contributed by atoms with Gasteiger partial charge in [-0.25, -0.2) is 9.37 Å². The topological polar surface area (TPSA) is 96.3 Å². The van der Waals surface area contributed by atoms with Crippen molar-refractivity contribution in [2.75, 3.05) is 25.5 Å². The Morgan fingerprint density at radius 3 is 2.00 bits per heavy atom. The van der Waals surface area contributed by atoms with Crippen LogP contribution < -0.4 is 16.2 Å². The number of likely N-dealkylation sites (N-methyl/N-ethyl adjacent to an activating group) is 1. The summed E-state index contributed by atoms with van der Waals surface area (Å²) >= 11 is 0. The molecule has 0 unspecified atom stereocenters. The zero-order valence-corrected chi connectivity index (χ0v) is 23.2. The molecule has 41 heavy (non-hydrogen) atoms. The van der Waals surface area contributed by atoms with E-state index in [1.54, 1.807) is 18.9 Å². The summed E-state index contributed by atoms with van der Waals surface area (Å²) in [5, 5.41) is 5.43. The maximum absolute atomic E-state index is 13.8. The van der Waals surface area contributed by atoms with Crippen molar-refractivity contribution in [2.45, 2.75) is 32.4 Å². The van der Waals surface area contributed by atoms with Gasteiger partial charge in [0.25, 0.3) is 5.56 Å². The lowest BCUT2D eigenvalue weighted by atomic mass is 10.1. The summed E-state index contributed by atoms with van der Waals surface area (Å²) in [7, 11) is 1.64. The first kappa shape index (κ1) is 29.4. The molecular formula is C32H34FN5O3. The number of carbonyl (C=O) groups excluding carboxylic acids is 2. The van der Waals surface area contributed by atoms with E-state index in [1.807, 2.05) is 60.7 Å². The highest BCUT2D eigenvalue weighted by atomic mass is 19.1. The lowest BCUT2D eigenvalue weighted by Gasteiger charge is -2.24. The maximum Gasteiger partial charge on any atom is 0.278 e. The predicted molar refractivity (Wildman–Crippen MR) is 158 cm³/mol. The summed E-state index contributed by atoms with van der Waals surface area (Å²) in [6.07, 6.45) is 2.57. The minimum absolute atomic E-state index is 0.0455. The van der Waals surface area contributed by atoms with Crippen LogP contribution >= 0.6 is 0 Å². The fourth-order valence-corrected chi connectivity index (χ4v) is 4.34. The summed E-state index contributed by atoms with van der Waals surface area (Å²) < 4.78 is 14.9. The monoisotopic (exact) mass is 555 g/mol. The van der Waals surface area contributed by atoms with E-state index in [0.717, 1.165) is 11.1 Å². The molecule has 0 saturated carbocycles. The molecular weight excluding hydrogens is 521 g/mol. The Bertz CT molecular complexity index is 1460. The Morgan fingerprint density at radius 1 is 0.902 bits per heavy atom. The highest BCUT2D eigenvalue weighted by Crippen LogP contribution is 2.18. The minimum atomic E-state index is -0.574. The van der Waals surface area contributed by atoms with Crippen molar-refractivity contribution in [3.63, 3.8) is 0 Å². The van der Waals surface area contributed by atoms with Gasteiger partial charge in [0.1, 0.15) is 23.9 Å². The number of carbonyl (C=O) groups is 2. The van der Waals surface area contributed by atoms with E-state index in [2.05, 4.69) is 15.6 Å². The van der Waals surface area contributed by atoms with Crippen molar-refractivity contribution >= 4 is 17.5 Å². The van der Waals surface area contributed by atoms with E-state index in [-0.39, 0.29) is 24.0 Å². The van der Waals surface area contributed by atoms with Gasteiger partial charge in [0.15, 0.2) is 0 Å². The second-order valence-electron chi connectivity index (χ2n) is 9.75. The molecule has 0 radical (unpaired) electrons. The number of hydrogen-bond donors (Lipinski definition) is 2. The fourth-order valence-electron chi connectivity index (χ4n) is 4.34. The Kier molecular flexibility index (Phi) is 10.1. The largest absolute Gasteiger partial charge is 0.340 e. The van der Waals surface area contributed by atoms with E-state index in [0.29, 0.717) is 31.5 Å². The molecule has 0 saturated heterocycles. The quantitative estimate of drug-likeness (QED) is 0.276. The van der Waals surface area contributed by atoms with Gasteiger partial charge in [0.05, 0.1) is 12.2 Å². The first-order valence-corrected chi connectivity index (χ1v) is 13.5. The van der Waals surface area contributed by atoms with Gasteiger partial charge in [-0.1, -0.05) is 60.7 Å². The summed E-state index contributed by atoms with van der Waals surface area (Å²) in [6.45, 7) is 2.28. The van der Waals surface area contributed by atoms with Crippen LogP contribution in [0.15, 0.2) is 95.9 Å². The van der Waals surface area contributed by atoms with Crippen molar-refractivity contribution < 1.29 is 14.0 Å². The molecule has 8 nitrogen and oxygen atoms in total. The Morgan fingerprint density at radius 2 is 1.46 bits per heavy atom. The summed E-state index contributed by atoms with van der Waals surface area (Å²) in [4.78, 5) is 46.1. The van der Waals surface area contributed by atoms with Crippen LogP contribution in [0.3, 0.4) is 0 Å². The second-order valence-corrected chi connectivity index (χ2v) is 9.75. The number of aromatic nitrogens is 2. The van der Waals surface area contributed by atoms with E-state index in [9.17, 15) is 18.8 Å². The third kappa shape index (κ3) is 7.95. The number of amides is 2. The number of anilines is 1. The highest BCUT2D eigenvalue weighted by Gasteiger charge is 2.21. The molecule has 2 amide bonds. The zero-order chi connectivity index (χ0) is 29.2. The number of nitrogens with zero attached hydrogens (tertiary/aromatic N) is 3. The van der Waals surface area contributed by atoms with Crippen molar-refractivity contribution in [1.82, 2.24) is 19.8 Å². The number of nitrogens with one attached hydrogen (secondary N) is 2. The normalized spacial score (nSPS) is 11.6. The van der Waals surface area contributed by atoms with Crippen molar-refractivity contribution in [2.24, 2.45) is 0 Å². The highest BCUT2D eigenvalue weighted by molar-refractivity contribution is 5.94. The number of hydrogen-bond acceptors (Lipinski definition) is 5. The standard InChI is InChI=1S/C32H34FN5O3/c1-23(34-2)31(40)36-28-21-35-30(26-13-15-27(33)16-14-26)38(32(28)41)22-29(39)37(19-17-24-9-5-3-6-10-24)20-18-25-11-7-4-8-12-25/h3-16,21,23,34H,17-20,22H2,1-2H3,(H,36,40)/t23-/m0/s1. The van der Waals surface area contributed by atoms with Crippen LogP contribution in [0.5, 0.6) is 0 Å². The smallest absolute Gasteiger partial charge is 0.278 e. The van der Waals surface area contributed by atoms with Crippen molar-refractivity contribution in [3.8, 4) is 11.4 Å². The van der Waals surface area contributed by atoms with Crippen LogP contribution in [0, 0.1) is 5.82 Å². The lowest BCUT2D eigenvalue weighted by molar-refractivity contribution is -0.131. The molecule has 0 fully saturated rings. The van der Waals surface area contributed by atoms with E-state index < -0.39 is 23.3 Å². The molecule has 4 rings (SSSR count). The molecule has 2 N–H and O–H groups in total. The Hall–Kier alpha value is -4.63. The van der Waals surface area contributed by atoms with Gasteiger partial charge < -0.3 is 15.5 Å². The SMILES string of the molecule is CN[C@@H](C)C(=O)Nc1cnc(-c2ccc(F)cc2)n(CC(=O)N(CCc2ccccc2)CCc2ccccc2)c1=O. The van der Waals surface area contributed by atoms with Gasteiger partial charge >= 0.3 is 0 Å². The van der Waals surface area contributed by atoms with E-state index in [4.69, 9.17) is 0 Å². The predicted octanol–water partition coefficient (Wildman–Crippen LogP) is 3.91. The lowest BCUT2D eigenvalue weighted by Crippen LogP contribution is -2.41. The van der Waals surface area contributed by atoms with Gasteiger partial charge in [-0.05, 0) is 62.2 Å². The van der Waals surface area contributed by atoms with Gasteiger partial charge in [0, 0.05) is 18.7 Å². The van der Waals surface area contributed by atoms with Gasteiger partial charge in [0.2, 0.25) is 11.8 Å². The maximum atomic E-state index is 13.8. The summed E-state index contributed by atoms with van der Waals surface area (Å²) in [5.41, 5.74) is 2.04. The third-order valence-electron chi connectivity index (χ3n) is 6.91. The van der Waals surface area contributed by atoms with E-state index >= 15 is 0 Å². The summed E-state index contributed by atoms with van der Waals surface area (Å²) in [5.74, 6) is -0.909. The molecule has 0 bridgehead atoms. The van der Waals surface area contributed by atoms with Gasteiger partial charge in [-0.15, -0.1) is 0 Å². The number of halogens is 1. The van der Waals surface area contributed by atoms with Crippen LogP contribution in [0.4, 0.5) is 10.1 Å². The molecule has 1 heterocycles. The third-order valence-corrected chi connectivity index (χ3v) is 6.91. The molecule has 0 aliphatic heterocycles. The fraction of sp³-hybridized carbons (Fsp3) is 0.250. The molecule has 0 aliphatic rings. The zero-order valence-electron chi connectivity index (χ0n) is 23.2. The van der Waals surface area contributed by atoms with Crippen LogP contribution in [-0.4, -0.2) is 52.4 Å². The molecule has 1 atom stereocenters. The molecule has 3 aromatic carbocycles. The average Bonchev–Trinajstić information content (AvgIpc) is 3.00. The van der Waals surface area contributed by atoms with Gasteiger partial charge in [-0.3, -0.25) is 19.0 Å². The molecule has 1 aromatic heterocycles. The van der Waals surface area contributed by atoms with Crippen molar-refractivity contribution in [1.29, 1.82) is 0 Å². The number of rotatable bonds is 12. The Balaban J connectivity index is 1.65. The van der Waals surface area contributed by atoms with Crippen LogP contribution in [0.1, 0.15) is 18.1 Å². The molecule has 0 spiro atoms. The Labute approximate surface area is 238 Å². The first-order chi connectivity index (χ1) is 19.9. The summed E-state index contributed by atoms with van der Waals surface area (Å²) in [6, 6.07) is 24.8. The number of benzene rings is 3. The molecule has 9 heteroatoms. The minimum Gasteiger partial charge on any atom is -0.340 e. The second kappa shape index (κ2) is 14.1. The first-order valence-electron chi connectivity index (χ1n) is 13.5. The van der Waals surface area contributed by atoms with Crippen LogP contribution in [-0.2, 0) is 29.0 Å².